The van der Waals surface area contributed by atoms with Crippen LogP contribution in [0, 0.1) is 27.7 Å². The number of nitrogens with zero attached hydrogens (tertiary/aromatic N) is 3. The Morgan fingerprint density at radius 2 is 1.96 bits per heavy atom. The molecule has 0 aliphatic carbocycles. The number of thiazole rings is 1. The minimum absolute atomic E-state index is 0.130. The van der Waals surface area contributed by atoms with Crippen LogP contribution < -0.4 is 5.32 Å². The van der Waals surface area contributed by atoms with E-state index in [2.05, 4.69) is 29.2 Å². The maximum Gasteiger partial charge on any atom is 0.267 e. The molecule has 3 rings (SSSR count). The molecule has 6 heteroatoms. The third-order valence-electron chi connectivity index (χ3n) is 4.67. The van der Waals surface area contributed by atoms with Crippen LogP contribution in [0.5, 0.6) is 0 Å². The van der Waals surface area contributed by atoms with Gasteiger partial charge in [0.2, 0.25) is 5.13 Å². The van der Waals surface area contributed by atoms with Crippen molar-refractivity contribution in [3.63, 3.8) is 0 Å². The van der Waals surface area contributed by atoms with Crippen molar-refractivity contribution in [3.8, 4) is 5.13 Å². The molecule has 27 heavy (non-hydrogen) atoms. The van der Waals surface area contributed by atoms with E-state index in [4.69, 9.17) is 0 Å². The van der Waals surface area contributed by atoms with Crippen LogP contribution >= 0.6 is 11.3 Å². The number of amides is 1. The predicted molar refractivity (Wildman–Crippen MR) is 111 cm³/mol. The summed E-state index contributed by atoms with van der Waals surface area (Å²) >= 11 is 1.38. The quantitative estimate of drug-likeness (QED) is 0.641. The van der Waals surface area contributed by atoms with Crippen LogP contribution in [0.1, 0.15) is 57.6 Å². The first-order chi connectivity index (χ1) is 12.9. The standard InChI is InChI=1S/C21H26N4OS/c1-6-7-11-18-14(3)24-25(16(18)5)21-22-15(4)19(27-21)20(26)23-17-10-8-9-13(2)12-17/h8-10,12H,6-7,11H2,1-5H3,(H,23,26). The first-order valence-corrected chi connectivity index (χ1v) is 10.1. The molecule has 2 heterocycles. The van der Waals surface area contributed by atoms with E-state index >= 15 is 0 Å². The zero-order chi connectivity index (χ0) is 19.6. The van der Waals surface area contributed by atoms with Gasteiger partial charge in [-0.15, -0.1) is 0 Å². The van der Waals surface area contributed by atoms with E-state index in [-0.39, 0.29) is 5.91 Å². The summed E-state index contributed by atoms with van der Waals surface area (Å²) in [5.74, 6) is -0.130. The highest BCUT2D eigenvalue weighted by molar-refractivity contribution is 7.16. The molecule has 1 amide bonds. The summed E-state index contributed by atoms with van der Waals surface area (Å²) in [4.78, 5) is 18.0. The maximum atomic E-state index is 12.7. The molecule has 0 aliphatic heterocycles. The normalized spacial score (nSPS) is 11.0. The van der Waals surface area contributed by atoms with Crippen molar-refractivity contribution in [1.29, 1.82) is 0 Å². The zero-order valence-corrected chi connectivity index (χ0v) is 17.4. The number of hydrogen-bond acceptors (Lipinski definition) is 4. The van der Waals surface area contributed by atoms with Crippen LogP contribution in [0.4, 0.5) is 5.69 Å². The first-order valence-electron chi connectivity index (χ1n) is 9.31. The average Bonchev–Trinajstić information content (AvgIpc) is 3.13. The Hall–Kier alpha value is -2.47. The maximum absolute atomic E-state index is 12.7. The van der Waals surface area contributed by atoms with Crippen LogP contribution in [0.25, 0.3) is 5.13 Å². The highest BCUT2D eigenvalue weighted by Crippen LogP contribution is 2.26. The number of hydrogen-bond donors (Lipinski definition) is 1. The number of aryl methyl sites for hydroxylation is 3. The summed E-state index contributed by atoms with van der Waals surface area (Å²) in [6, 6.07) is 7.79. The molecule has 0 bridgehead atoms. The molecular formula is C21H26N4OS. The highest BCUT2D eigenvalue weighted by Gasteiger charge is 2.20. The van der Waals surface area contributed by atoms with Crippen molar-refractivity contribution in [1.82, 2.24) is 14.8 Å². The topological polar surface area (TPSA) is 59.8 Å². The van der Waals surface area contributed by atoms with Crippen molar-refractivity contribution in [3.05, 3.63) is 57.4 Å². The van der Waals surface area contributed by atoms with Crippen molar-refractivity contribution >= 4 is 22.9 Å². The minimum Gasteiger partial charge on any atom is -0.321 e. The Balaban J connectivity index is 1.87. The molecule has 3 aromatic rings. The molecule has 1 N–H and O–H groups in total. The molecule has 1 aromatic carbocycles. The molecule has 0 spiro atoms. The number of rotatable bonds is 6. The van der Waals surface area contributed by atoms with Crippen molar-refractivity contribution in [2.75, 3.05) is 5.32 Å². The van der Waals surface area contributed by atoms with Crippen LogP contribution in [-0.4, -0.2) is 20.7 Å². The number of benzene rings is 1. The van der Waals surface area contributed by atoms with Gasteiger partial charge in [-0.05, 0) is 63.8 Å². The van der Waals surface area contributed by atoms with E-state index in [0.717, 1.165) is 52.7 Å². The molecule has 0 saturated carbocycles. The van der Waals surface area contributed by atoms with E-state index in [1.54, 1.807) is 0 Å². The van der Waals surface area contributed by atoms with Crippen LogP contribution in [0.15, 0.2) is 24.3 Å². The van der Waals surface area contributed by atoms with Crippen LogP contribution in [0.3, 0.4) is 0 Å². The van der Waals surface area contributed by atoms with Gasteiger partial charge >= 0.3 is 0 Å². The Labute approximate surface area is 164 Å². The molecule has 5 nitrogen and oxygen atoms in total. The van der Waals surface area contributed by atoms with Crippen LogP contribution in [-0.2, 0) is 6.42 Å². The molecule has 0 fully saturated rings. The number of unbranched alkanes of at least 4 members (excludes halogenated alkanes) is 1. The van der Waals surface area contributed by atoms with E-state index in [0.29, 0.717) is 4.88 Å². The van der Waals surface area contributed by atoms with Crippen molar-refractivity contribution in [2.45, 2.75) is 53.9 Å². The molecule has 0 aliphatic rings. The lowest BCUT2D eigenvalue weighted by Crippen LogP contribution is -2.11. The molecule has 2 aromatic heterocycles. The number of anilines is 1. The van der Waals surface area contributed by atoms with Gasteiger partial charge < -0.3 is 5.32 Å². The lowest BCUT2D eigenvalue weighted by atomic mass is 10.1. The average molecular weight is 383 g/mol. The second-order valence-corrected chi connectivity index (χ2v) is 7.88. The van der Waals surface area contributed by atoms with E-state index in [9.17, 15) is 4.79 Å². The van der Waals surface area contributed by atoms with E-state index in [1.807, 2.05) is 49.7 Å². The summed E-state index contributed by atoms with van der Waals surface area (Å²) in [5.41, 5.74) is 6.07. The SMILES string of the molecule is CCCCc1c(C)nn(-c2nc(C)c(C(=O)Nc3cccc(C)c3)s2)c1C. The number of carbonyl (C=O) groups excluding carboxylic acids is 1. The number of aromatic nitrogens is 3. The predicted octanol–water partition coefficient (Wildman–Crippen LogP) is 5.16. The van der Waals surface area contributed by atoms with E-state index in [1.165, 1.54) is 16.9 Å². The van der Waals surface area contributed by atoms with Gasteiger partial charge in [-0.25, -0.2) is 9.67 Å². The Morgan fingerprint density at radius 3 is 2.67 bits per heavy atom. The fourth-order valence-electron chi connectivity index (χ4n) is 3.17. The summed E-state index contributed by atoms with van der Waals surface area (Å²) in [7, 11) is 0. The van der Waals surface area contributed by atoms with Gasteiger partial charge in [0, 0.05) is 11.4 Å². The summed E-state index contributed by atoms with van der Waals surface area (Å²) in [6.45, 7) is 10.2. The second-order valence-electron chi connectivity index (χ2n) is 6.90. The molecule has 0 unspecified atom stereocenters. The summed E-state index contributed by atoms with van der Waals surface area (Å²) in [5, 5.41) is 8.38. The molecular weight excluding hydrogens is 356 g/mol. The first kappa shape index (κ1) is 19.3. The lowest BCUT2D eigenvalue weighted by Gasteiger charge is -2.04. The number of nitrogens with one attached hydrogen (secondary N) is 1. The third kappa shape index (κ3) is 4.11. The summed E-state index contributed by atoms with van der Waals surface area (Å²) in [6.07, 6.45) is 3.33. The van der Waals surface area contributed by atoms with Gasteiger partial charge in [0.25, 0.3) is 5.91 Å². The Morgan fingerprint density at radius 1 is 1.19 bits per heavy atom. The lowest BCUT2D eigenvalue weighted by molar-refractivity contribution is 0.103. The van der Waals surface area contributed by atoms with Gasteiger partial charge in [-0.3, -0.25) is 4.79 Å². The van der Waals surface area contributed by atoms with Crippen LogP contribution in [0.2, 0.25) is 0 Å². The fourth-order valence-corrected chi connectivity index (χ4v) is 4.14. The van der Waals surface area contributed by atoms with Gasteiger partial charge in [0.15, 0.2) is 0 Å². The van der Waals surface area contributed by atoms with Gasteiger partial charge in [0.1, 0.15) is 4.88 Å². The highest BCUT2D eigenvalue weighted by atomic mass is 32.1. The zero-order valence-electron chi connectivity index (χ0n) is 16.6. The van der Waals surface area contributed by atoms with Gasteiger partial charge in [-0.1, -0.05) is 36.8 Å². The largest absolute Gasteiger partial charge is 0.321 e. The van der Waals surface area contributed by atoms with Crippen molar-refractivity contribution < 1.29 is 4.79 Å². The van der Waals surface area contributed by atoms with Gasteiger partial charge in [-0.2, -0.15) is 5.10 Å². The second kappa shape index (κ2) is 8.05. The fraction of sp³-hybridized carbons (Fsp3) is 0.381. The molecule has 0 radical (unpaired) electrons. The smallest absolute Gasteiger partial charge is 0.267 e. The Kier molecular flexibility index (Phi) is 5.75. The number of carbonyl (C=O) groups is 1. The minimum atomic E-state index is -0.130. The monoisotopic (exact) mass is 382 g/mol. The third-order valence-corrected chi connectivity index (χ3v) is 5.80. The molecule has 0 atom stereocenters. The Bertz CT molecular complexity index is 971. The molecule has 0 saturated heterocycles. The van der Waals surface area contributed by atoms with Gasteiger partial charge in [0.05, 0.1) is 11.4 Å². The summed E-state index contributed by atoms with van der Waals surface area (Å²) < 4.78 is 1.88. The van der Waals surface area contributed by atoms with E-state index < -0.39 is 0 Å². The molecule has 142 valence electrons. The van der Waals surface area contributed by atoms with Crippen molar-refractivity contribution in [2.24, 2.45) is 0 Å².